The van der Waals surface area contributed by atoms with Crippen LogP contribution in [0.1, 0.15) is 12.1 Å². The van der Waals surface area contributed by atoms with E-state index in [2.05, 4.69) is 10.6 Å². The predicted octanol–water partition coefficient (Wildman–Crippen LogP) is -0.00448. The summed E-state index contributed by atoms with van der Waals surface area (Å²) in [5.41, 5.74) is -0.258. The van der Waals surface area contributed by atoms with Crippen LogP contribution in [0, 0.1) is 6.92 Å². The Morgan fingerprint density at radius 3 is 2.63 bits per heavy atom. The van der Waals surface area contributed by atoms with E-state index in [1.54, 1.807) is 6.92 Å². The number of anilines is 1. The van der Waals surface area contributed by atoms with E-state index in [4.69, 9.17) is 5.11 Å². The molecule has 0 aliphatic carbocycles. The van der Waals surface area contributed by atoms with Gasteiger partial charge in [0.15, 0.2) is 5.69 Å². The molecule has 0 aliphatic rings. The van der Waals surface area contributed by atoms with Crippen molar-refractivity contribution >= 4 is 17.7 Å². The summed E-state index contributed by atoms with van der Waals surface area (Å²) in [6.07, 6.45) is -0.231. The molecule has 2 amide bonds. The fourth-order valence-electron chi connectivity index (χ4n) is 1.36. The smallest absolute Gasteiger partial charge is 0.319 e. The van der Waals surface area contributed by atoms with Gasteiger partial charge in [0.2, 0.25) is 0 Å². The van der Waals surface area contributed by atoms with Crippen molar-refractivity contribution in [1.82, 2.24) is 9.88 Å². The number of carbonyl (C=O) groups excluding carboxylic acids is 1. The van der Waals surface area contributed by atoms with Gasteiger partial charge < -0.3 is 25.4 Å². The number of hydrogen-bond donors (Lipinski definition) is 4. The van der Waals surface area contributed by atoms with E-state index in [1.165, 1.54) is 17.7 Å². The highest BCUT2D eigenvalue weighted by Gasteiger charge is 2.13. The molecule has 0 saturated heterocycles. The molecule has 0 aliphatic heterocycles. The Morgan fingerprint density at radius 2 is 2.05 bits per heavy atom. The number of carboxylic acids is 1. The number of urea groups is 1. The normalized spacial score (nSPS) is 10.0. The summed E-state index contributed by atoms with van der Waals surface area (Å²) in [5.74, 6) is -1.39. The van der Waals surface area contributed by atoms with Gasteiger partial charge >= 0.3 is 12.0 Å². The minimum absolute atomic E-state index is 0.0753. The zero-order chi connectivity index (χ0) is 14.6. The number of aromatic nitrogens is 1. The van der Waals surface area contributed by atoms with Crippen LogP contribution in [0.25, 0.3) is 0 Å². The molecule has 8 heteroatoms. The number of pyridine rings is 1. The summed E-state index contributed by atoms with van der Waals surface area (Å²) < 4.78 is 1.27. The van der Waals surface area contributed by atoms with E-state index >= 15 is 0 Å². The lowest BCUT2D eigenvalue weighted by molar-refractivity contribution is -0.136. The summed E-state index contributed by atoms with van der Waals surface area (Å²) in [4.78, 5) is 33.5. The van der Waals surface area contributed by atoms with Gasteiger partial charge in [-0.2, -0.15) is 0 Å². The predicted molar refractivity (Wildman–Crippen MR) is 67.4 cm³/mol. The van der Waals surface area contributed by atoms with Crippen LogP contribution in [-0.4, -0.2) is 33.3 Å². The third kappa shape index (κ3) is 3.73. The van der Waals surface area contributed by atoms with Gasteiger partial charge in [-0.3, -0.25) is 9.59 Å². The van der Waals surface area contributed by atoms with E-state index in [0.717, 1.165) is 0 Å². The first-order valence-corrected chi connectivity index (χ1v) is 5.49. The first-order valence-electron chi connectivity index (χ1n) is 5.49. The number of hydrogen-bond acceptors (Lipinski definition) is 4. The summed E-state index contributed by atoms with van der Waals surface area (Å²) in [6, 6.07) is 0.589. The second-order valence-corrected chi connectivity index (χ2v) is 3.93. The van der Waals surface area contributed by atoms with Crippen LogP contribution >= 0.6 is 0 Å². The number of aromatic hydroxyl groups is 1. The molecule has 1 rings (SSSR count). The number of rotatable bonds is 4. The molecule has 1 aromatic rings. The molecule has 0 bridgehead atoms. The lowest BCUT2D eigenvalue weighted by Gasteiger charge is -2.11. The van der Waals surface area contributed by atoms with E-state index in [-0.39, 0.29) is 24.4 Å². The van der Waals surface area contributed by atoms with Gasteiger partial charge in [-0.25, -0.2) is 4.79 Å². The maximum Gasteiger partial charge on any atom is 0.319 e. The Bertz CT molecular complexity index is 564. The third-order valence-corrected chi connectivity index (χ3v) is 2.51. The van der Waals surface area contributed by atoms with Crippen LogP contribution in [0.3, 0.4) is 0 Å². The molecule has 0 saturated carbocycles. The first kappa shape index (κ1) is 14.6. The van der Waals surface area contributed by atoms with E-state index < -0.39 is 17.6 Å². The molecule has 0 aromatic carbocycles. The lowest BCUT2D eigenvalue weighted by Crippen LogP contribution is -2.33. The second kappa shape index (κ2) is 5.89. The number of aliphatic carboxylic acids is 1. The molecule has 0 fully saturated rings. The summed E-state index contributed by atoms with van der Waals surface area (Å²) in [7, 11) is 1.50. The van der Waals surface area contributed by atoms with E-state index in [0.29, 0.717) is 5.69 Å². The molecule has 19 heavy (non-hydrogen) atoms. The average molecular weight is 269 g/mol. The van der Waals surface area contributed by atoms with Gasteiger partial charge in [0.25, 0.3) is 5.56 Å². The van der Waals surface area contributed by atoms with Crippen LogP contribution in [0.5, 0.6) is 5.75 Å². The maximum atomic E-state index is 11.8. The van der Waals surface area contributed by atoms with Crippen LogP contribution in [0.2, 0.25) is 0 Å². The Labute approximate surface area is 108 Å². The monoisotopic (exact) mass is 269 g/mol. The first-order chi connectivity index (χ1) is 8.82. The Morgan fingerprint density at radius 1 is 1.42 bits per heavy atom. The molecule has 4 N–H and O–H groups in total. The van der Waals surface area contributed by atoms with Crippen LogP contribution in [0.15, 0.2) is 10.9 Å². The van der Waals surface area contributed by atoms with Gasteiger partial charge in [-0.05, 0) is 6.92 Å². The number of amides is 2. The van der Waals surface area contributed by atoms with Crippen molar-refractivity contribution in [3.8, 4) is 5.75 Å². The van der Waals surface area contributed by atoms with Gasteiger partial charge in [0.1, 0.15) is 5.75 Å². The van der Waals surface area contributed by atoms with Crippen molar-refractivity contribution in [2.75, 3.05) is 11.9 Å². The van der Waals surface area contributed by atoms with Crippen molar-refractivity contribution < 1.29 is 19.8 Å². The summed E-state index contributed by atoms with van der Waals surface area (Å²) in [5, 5.41) is 22.5. The minimum Gasteiger partial charge on any atom is -0.505 e. The zero-order valence-electron chi connectivity index (χ0n) is 10.6. The number of nitrogens with one attached hydrogen (secondary N) is 2. The highest BCUT2D eigenvalue weighted by Crippen LogP contribution is 2.18. The van der Waals surface area contributed by atoms with Crippen molar-refractivity contribution in [3.63, 3.8) is 0 Å². The molecular weight excluding hydrogens is 254 g/mol. The van der Waals surface area contributed by atoms with E-state index in [1.807, 2.05) is 0 Å². The Kier molecular flexibility index (Phi) is 4.51. The highest BCUT2D eigenvalue weighted by atomic mass is 16.4. The molecule has 0 spiro atoms. The van der Waals surface area contributed by atoms with Crippen molar-refractivity contribution in [3.05, 3.63) is 22.1 Å². The van der Waals surface area contributed by atoms with Gasteiger partial charge in [0, 0.05) is 25.4 Å². The molecule has 8 nitrogen and oxygen atoms in total. The molecule has 0 unspecified atom stereocenters. The van der Waals surface area contributed by atoms with Crippen molar-refractivity contribution in [2.24, 2.45) is 7.05 Å². The van der Waals surface area contributed by atoms with Gasteiger partial charge in [0.05, 0.1) is 6.42 Å². The van der Waals surface area contributed by atoms with Gasteiger partial charge in [-0.1, -0.05) is 0 Å². The fourth-order valence-corrected chi connectivity index (χ4v) is 1.36. The number of carbonyl (C=O) groups is 2. The Hall–Kier alpha value is -2.51. The molecular formula is C11H15N3O5. The lowest BCUT2D eigenvalue weighted by atomic mass is 10.3. The molecule has 1 heterocycles. The highest BCUT2D eigenvalue weighted by molar-refractivity contribution is 5.90. The standard InChI is InChI=1S/C11H15N3O5/c1-6-5-7(15)9(10(18)14(6)2)13-11(19)12-4-3-8(16)17/h5,15H,3-4H2,1-2H3,(H,16,17)(H2,12,13,19). The van der Waals surface area contributed by atoms with Crippen molar-refractivity contribution in [1.29, 1.82) is 0 Å². The number of carboxylic acid groups (broad SMARTS) is 1. The molecule has 0 radical (unpaired) electrons. The van der Waals surface area contributed by atoms with Crippen LogP contribution in [-0.2, 0) is 11.8 Å². The quantitative estimate of drug-likeness (QED) is 0.613. The third-order valence-electron chi connectivity index (χ3n) is 2.51. The number of nitrogens with zero attached hydrogens (tertiary/aromatic N) is 1. The fraction of sp³-hybridized carbons (Fsp3) is 0.364. The second-order valence-electron chi connectivity index (χ2n) is 3.93. The topological polar surface area (TPSA) is 121 Å². The summed E-state index contributed by atoms with van der Waals surface area (Å²) >= 11 is 0. The minimum atomic E-state index is -1.05. The van der Waals surface area contributed by atoms with Gasteiger partial charge in [-0.15, -0.1) is 0 Å². The Balaban J connectivity index is 2.78. The summed E-state index contributed by atoms with van der Waals surface area (Å²) in [6.45, 7) is 1.56. The molecule has 0 atom stereocenters. The average Bonchev–Trinajstić information content (AvgIpc) is 2.31. The van der Waals surface area contributed by atoms with Crippen LogP contribution in [0.4, 0.5) is 10.5 Å². The zero-order valence-corrected chi connectivity index (χ0v) is 10.6. The largest absolute Gasteiger partial charge is 0.505 e. The maximum absolute atomic E-state index is 11.8. The van der Waals surface area contributed by atoms with Crippen molar-refractivity contribution in [2.45, 2.75) is 13.3 Å². The number of aryl methyl sites for hydroxylation is 1. The van der Waals surface area contributed by atoms with E-state index in [9.17, 15) is 19.5 Å². The molecule has 104 valence electrons. The molecule has 1 aromatic heterocycles. The van der Waals surface area contributed by atoms with Crippen LogP contribution < -0.4 is 16.2 Å². The SMILES string of the molecule is Cc1cc(O)c(NC(=O)NCCC(=O)O)c(=O)n1C.